The van der Waals surface area contributed by atoms with Crippen molar-refractivity contribution < 1.29 is 8.83 Å². The van der Waals surface area contributed by atoms with Crippen molar-refractivity contribution in [3.8, 4) is 11.5 Å². The first-order valence-electron chi connectivity index (χ1n) is 8.88. The summed E-state index contributed by atoms with van der Waals surface area (Å²) in [6.07, 6.45) is 0. The van der Waals surface area contributed by atoms with Gasteiger partial charge >= 0.3 is 0 Å². The van der Waals surface area contributed by atoms with E-state index in [1.54, 1.807) is 0 Å². The van der Waals surface area contributed by atoms with Crippen LogP contribution in [-0.2, 0) is 0 Å². The van der Waals surface area contributed by atoms with Crippen LogP contribution in [0.1, 0.15) is 0 Å². The van der Waals surface area contributed by atoms with Gasteiger partial charge in [-0.3, -0.25) is 0 Å². The largest absolute Gasteiger partial charge is 0.453 e. The number of benzene rings is 4. The fourth-order valence-electron chi connectivity index (χ4n) is 3.75. The lowest BCUT2D eigenvalue weighted by Gasteiger charge is -1.98. The molecule has 0 aliphatic rings. The predicted octanol–water partition coefficient (Wildman–Crippen LogP) is 8.46. The maximum atomic E-state index is 6.12. The fourth-order valence-corrected chi connectivity index (χ4v) is 4.12. The van der Waals surface area contributed by atoms with E-state index in [2.05, 4.69) is 12.1 Å². The second kappa shape index (κ2) is 5.78. The molecular formula is C24H12Cl2O2. The monoisotopic (exact) mass is 402 g/mol. The van der Waals surface area contributed by atoms with Gasteiger partial charge in [-0.1, -0.05) is 35.3 Å². The third kappa shape index (κ3) is 2.50. The van der Waals surface area contributed by atoms with Gasteiger partial charge in [0, 0.05) is 20.8 Å². The molecule has 4 aromatic carbocycles. The second-order valence-electron chi connectivity index (χ2n) is 6.98. The van der Waals surface area contributed by atoms with E-state index in [9.17, 15) is 0 Å². The molecule has 0 aliphatic heterocycles. The van der Waals surface area contributed by atoms with Crippen LogP contribution in [0.15, 0.2) is 81.6 Å². The van der Waals surface area contributed by atoms with Crippen LogP contribution < -0.4 is 0 Å². The Kier molecular flexibility index (Phi) is 3.31. The van der Waals surface area contributed by atoms with Crippen molar-refractivity contribution in [1.29, 1.82) is 0 Å². The Bertz CT molecular complexity index is 1420. The van der Waals surface area contributed by atoms with Crippen LogP contribution in [0.2, 0.25) is 10.0 Å². The first kappa shape index (κ1) is 16.1. The third-order valence-electron chi connectivity index (χ3n) is 5.12. The van der Waals surface area contributed by atoms with Gasteiger partial charge in [0.2, 0.25) is 0 Å². The van der Waals surface area contributed by atoms with Crippen molar-refractivity contribution >= 4 is 66.7 Å². The summed E-state index contributed by atoms with van der Waals surface area (Å²) in [6, 6.07) is 23.9. The maximum absolute atomic E-state index is 6.12. The zero-order valence-electron chi connectivity index (χ0n) is 14.5. The lowest BCUT2D eigenvalue weighted by atomic mass is 10.1. The van der Waals surface area contributed by atoms with Gasteiger partial charge in [0.05, 0.1) is 0 Å². The lowest BCUT2D eigenvalue weighted by molar-refractivity contribution is 0.569. The minimum atomic E-state index is 0.703. The topological polar surface area (TPSA) is 26.3 Å². The summed E-state index contributed by atoms with van der Waals surface area (Å²) in [6.45, 7) is 0. The molecule has 0 fully saturated rings. The Morgan fingerprint density at radius 1 is 0.429 bits per heavy atom. The Hall–Kier alpha value is -2.94. The summed E-state index contributed by atoms with van der Waals surface area (Å²) in [4.78, 5) is 0. The number of hydrogen-bond donors (Lipinski definition) is 0. The molecule has 0 bridgehead atoms. The van der Waals surface area contributed by atoms with Gasteiger partial charge in [-0.25, -0.2) is 0 Å². The zero-order valence-corrected chi connectivity index (χ0v) is 16.0. The SMILES string of the molecule is Clc1ccc2cc3oc(-c4cc5cc6cc(Cl)ccc6cc5o4)cc3cc2c1. The molecule has 0 radical (unpaired) electrons. The summed E-state index contributed by atoms with van der Waals surface area (Å²) in [5, 5.41) is 7.82. The molecule has 0 saturated carbocycles. The van der Waals surface area contributed by atoms with Gasteiger partial charge in [0.1, 0.15) is 11.2 Å². The Morgan fingerprint density at radius 3 is 1.36 bits per heavy atom. The number of halogens is 2. The molecule has 6 aromatic rings. The van der Waals surface area contributed by atoms with Crippen molar-refractivity contribution in [3.05, 3.63) is 82.8 Å². The van der Waals surface area contributed by atoms with Crippen LogP contribution in [0.4, 0.5) is 0 Å². The van der Waals surface area contributed by atoms with Crippen LogP contribution in [0.25, 0.3) is 55.0 Å². The molecule has 2 heterocycles. The van der Waals surface area contributed by atoms with E-state index in [1.165, 1.54) is 0 Å². The Morgan fingerprint density at radius 2 is 0.893 bits per heavy atom. The maximum Gasteiger partial charge on any atom is 0.170 e. The third-order valence-corrected chi connectivity index (χ3v) is 5.59. The number of hydrogen-bond acceptors (Lipinski definition) is 2. The number of furan rings is 2. The predicted molar refractivity (Wildman–Crippen MR) is 116 cm³/mol. The van der Waals surface area contributed by atoms with Gasteiger partial charge in [-0.05, 0) is 82.2 Å². The van der Waals surface area contributed by atoms with Crippen LogP contribution in [0.3, 0.4) is 0 Å². The lowest BCUT2D eigenvalue weighted by Crippen LogP contribution is -1.72. The molecule has 0 atom stereocenters. The van der Waals surface area contributed by atoms with Gasteiger partial charge < -0.3 is 8.83 Å². The van der Waals surface area contributed by atoms with Gasteiger partial charge in [0.15, 0.2) is 11.5 Å². The molecule has 0 amide bonds. The highest BCUT2D eigenvalue weighted by Gasteiger charge is 2.13. The van der Waals surface area contributed by atoms with Crippen molar-refractivity contribution in [2.24, 2.45) is 0 Å². The summed E-state index contributed by atoms with van der Waals surface area (Å²) < 4.78 is 12.2. The molecule has 0 saturated heterocycles. The standard InChI is InChI=1S/C24H12Cl2O2/c25-19-3-1-13-9-21-17(5-15(13)7-19)11-23(27-21)24-12-18-6-16-8-20(26)4-2-14(16)10-22(18)28-24/h1-12H. The molecule has 4 heteroatoms. The quantitative estimate of drug-likeness (QED) is 0.275. The minimum absolute atomic E-state index is 0.703. The number of fused-ring (bicyclic) bond motifs is 4. The number of rotatable bonds is 1. The fraction of sp³-hybridized carbons (Fsp3) is 0. The van der Waals surface area contributed by atoms with E-state index in [0.29, 0.717) is 11.5 Å². The molecule has 0 unspecified atom stereocenters. The highest BCUT2D eigenvalue weighted by atomic mass is 35.5. The minimum Gasteiger partial charge on any atom is -0.453 e. The van der Waals surface area contributed by atoms with Crippen LogP contribution in [0, 0.1) is 0 Å². The first-order valence-corrected chi connectivity index (χ1v) is 9.64. The smallest absolute Gasteiger partial charge is 0.170 e. The van der Waals surface area contributed by atoms with Gasteiger partial charge in [-0.15, -0.1) is 0 Å². The van der Waals surface area contributed by atoms with E-state index in [4.69, 9.17) is 32.0 Å². The molecule has 2 aromatic heterocycles. The van der Waals surface area contributed by atoms with Crippen molar-refractivity contribution in [3.63, 3.8) is 0 Å². The summed E-state index contributed by atoms with van der Waals surface area (Å²) in [5.41, 5.74) is 1.64. The Balaban J connectivity index is 1.54. The van der Waals surface area contributed by atoms with Gasteiger partial charge in [-0.2, -0.15) is 0 Å². The Labute approximate surface area is 169 Å². The second-order valence-corrected chi connectivity index (χ2v) is 7.86. The summed E-state index contributed by atoms with van der Waals surface area (Å²) >= 11 is 12.2. The molecule has 0 aliphatic carbocycles. The molecular weight excluding hydrogens is 391 g/mol. The van der Waals surface area contributed by atoms with Gasteiger partial charge in [0.25, 0.3) is 0 Å². The van der Waals surface area contributed by atoms with Crippen LogP contribution in [-0.4, -0.2) is 0 Å². The average Bonchev–Trinajstić information content (AvgIpc) is 3.27. The summed E-state index contributed by atoms with van der Waals surface area (Å²) in [5.74, 6) is 1.41. The highest BCUT2D eigenvalue weighted by Crippen LogP contribution is 2.36. The molecule has 0 spiro atoms. The first-order chi connectivity index (χ1) is 13.6. The van der Waals surface area contributed by atoms with Crippen molar-refractivity contribution in [2.75, 3.05) is 0 Å². The summed E-state index contributed by atoms with van der Waals surface area (Å²) in [7, 11) is 0. The van der Waals surface area contributed by atoms with E-state index in [0.717, 1.165) is 53.5 Å². The normalized spacial score (nSPS) is 11.9. The van der Waals surface area contributed by atoms with E-state index in [-0.39, 0.29) is 0 Å². The molecule has 134 valence electrons. The van der Waals surface area contributed by atoms with Crippen LogP contribution >= 0.6 is 23.2 Å². The molecule has 6 rings (SSSR count). The van der Waals surface area contributed by atoms with E-state index in [1.807, 2.05) is 60.7 Å². The van der Waals surface area contributed by atoms with E-state index >= 15 is 0 Å². The molecule has 28 heavy (non-hydrogen) atoms. The highest BCUT2D eigenvalue weighted by molar-refractivity contribution is 6.31. The van der Waals surface area contributed by atoms with Crippen LogP contribution in [0.5, 0.6) is 0 Å². The van der Waals surface area contributed by atoms with Crippen molar-refractivity contribution in [2.45, 2.75) is 0 Å². The zero-order chi connectivity index (χ0) is 18.8. The average molecular weight is 403 g/mol. The molecule has 0 N–H and O–H groups in total. The van der Waals surface area contributed by atoms with E-state index < -0.39 is 0 Å². The van der Waals surface area contributed by atoms with Crippen molar-refractivity contribution in [1.82, 2.24) is 0 Å². The molecule has 2 nitrogen and oxygen atoms in total.